The molecule has 6 nitrogen and oxygen atoms in total. The molecule has 2 saturated heterocycles. The van der Waals surface area contributed by atoms with Crippen molar-refractivity contribution in [2.75, 3.05) is 37.7 Å². The highest BCUT2D eigenvalue weighted by atomic mass is 32.2. The van der Waals surface area contributed by atoms with Gasteiger partial charge in [-0.25, -0.2) is 8.42 Å². The van der Waals surface area contributed by atoms with Crippen molar-refractivity contribution in [2.24, 2.45) is 5.73 Å². The van der Waals surface area contributed by atoms with Gasteiger partial charge in [0.15, 0.2) is 9.84 Å². The van der Waals surface area contributed by atoms with Crippen LogP contribution in [0, 0.1) is 0 Å². The van der Waals surface area contributed by atoms with Gasteiger partial charge in [0, 0.05) is 31.7 Å². The normalized spacial score (nSPS) is 30.6. The standard InChI is InChI=1S/C12H23N3O3S/c1-2-15(11-4-6-19(17,18)9-11)12(16)8-14-5-3-10(13)7-14/h10-11H,2-9,13H2,1H3/t10-,11?/m1/s1. The Kier molecular flexibility index (Phi) is 4.47. The van der Waals surface area contributed by atoms with Gasteiger partial charge in [-0.2, -0.15) is 0 Å². The van der Waals surface area contributed by atoms with Crippen LogP contribution in [0.3, 0.4) is 0 Å². The van der Waals surface area contributed by atoms with E-state index in [2.05, 4.69) is 4.90 Å². The van der Waals surface area contributed by atoms with Crippen molar-refractivity contribution in [1.29, 1.82) is 0 Å². The predicted octanol–water partition coefficient (Wildman–Crippen LogP) is -0.945. The lowest BCUT2D eigenvalue weighted by molar-refractivity contribution is -0.133. The van der Waals surface area contributed by atoms with E-state index in [4.69, 9.17) is 5.73 Å². The van der Waals surface area contributed by atoms with Crippen LogP contribution < -0.4 is 5.73 Å². The van der Waals surface area contributed by atoms with Gasteiger partial charge in [0.25, 0.3) is 0 Å². The Hall–Kier alpha value is -0.660. The fraction of sp³-hybridized carbons (Fsp3) is 0.917. The molecule has 2 fully saturated rings. The summed E-state index contributed by atoms with van der Waals surface area (Å²) in [6.07, 6.45) is 1.50. The first kappa shape index (κ1) is 14.7. The van der Waals surface area contributed by atoms with Crippen LogP contribution in [0.15, 0.2) is 0 Å². The fourth-order valence-corrected chi connectivity index (χ4v) is 4.68. The van der Waals surface area contributed by atoms with Crippen molar-refractivity contribution in [1.82, 2.24) is 9.80 Å². The molecule has 7 heteroatoms. The van der Waals surface area contributed by atoms with E-state index in [-0.39, 0.29) is 29.5 Å². The van der Waals surface area contributed by atoms with Crippen molar-refractivity contribution in [3.63, 3.8) is 0 Å². The SMILES string of the molecule is CCN(C(=O)CN1CC[C@@H](N)C1)C1CCS(=O)(=O)C1. The minimum absolute atomic E-state index is 0.0266. The second-order valence-electron chi connectivity index (χ2n) is 5.52. The van der Waals surface area contributed by atoms with E-state index in [0.29, 0.717) is 19.5 Å². The van der Waals surface area contributed by atoms with Crippen LogP contribution in [-0.2, 0) is 14.6 Å². The van der Waals surface area contributed by atoms with Crippen molar-refractivity contribution >= 4 is 15.7 Å². The van der Waals surface area contributed by atoms with Crippen LogP contribution >= 0.6 is 0 Å². The fourth-order valence-electron chi connectivity index (χ4n) is 2.95. The number of likely N-dealkylation sites (N-methyl/N-ethyl adjacent to an activating group) is 1. The lowest BCUT2D eigenvalue weighted by Crippen LogP contribution is -2.46. The Morgan fingerprint density at radius 2 is 2.16 bits per heavy atom. The minimum Gasteiger partial charge on any atom is -0.338 e. The summed E-state index contributed by atoms with van der Waals surface area (Å²) in [7, 11) is -2.95. The number of carbonyl (C=O) groups is 1. The molecule has 2 atom stereocenters. The maximum absolute atomic E-state index is 12.3. The monoisotopic (exact) mass is 289 g/mol. The van der Waals surface area contributed by atoms with Gasteiger partial charge in [-0.1, -0.05) is 0 Å². The van der Waals surface area contributed by atoms with Crippen LogP contribution in [0.1, 0.15) is 19.8 Å². The van der Waals surface area contributed by atoms with E-state index in [0.717, 1.165) is 19.5 Å². The van der Waals surface area contributed by atoms with Gasteiger partial charge in [0.2, 0.25) is 5.91 Å². The highest BCUT2D eigenvalue weighted by Crippen LogP contribution is 2.18. The summed E-state index contributed by atoms with van der Waals surface area (Å²) in [4.78, 5) is 16.1. The summed E-state index contributed by atoms with van der Waals surface area (Å²) < 4.78 is 23.0. The van der Waals surface area contributed by atoms with Gasteiger partial charge in [0.1, 0.15) is 0 Å². The average Bonchev–Trinajstić information content (AvgIpc) is 2.86. The molecule has 19 heavy (non-hydrogen) atoms. The summed E-state index contributed by atoms with van der Waals surface area (Å²) in [5, 5.41) is 0. The molecule has 0 spiro atoms. The summed E-state index contributed by atoms with van der Waals surface area (Å²) in [5.41, 5.74) is 5.82. The van der Waals surface area contributed by atoms with Gasteiger partial charge < -0.3 is 10.6 Å². The maximum Gasteiger partial charge on any atom is 0.237 e. The molecule has 0 saturated carbocycles. The topological polar surface area (TPSA) is 83.7 Å². The van der Waals surface area contributed by atoms with E-state index in [1.165, 1.54) is 0 Å². The van der Waals surface area contributed by atoms with Gasteiger partial charge in [-0.3, -0.25) is 9.69 Å². The molecule has 2 N–H and O–H groups in total. The van der Waals surface area contributed by atoms with E-state index in [9.17, 15) is 13.2 Å². The highest BCUT2D eigenvalue weighted by Gasteiger charge is 2.34. The molecule has 0 aromatic carbocycles. The summed E-state index contributed by atoms with van der Waals surface area (Å²) in [5.74, 6) is 0.348. The number of sulfone groups is 1. The van der Waals surface area contributed by atoms with E-state index >= 15 is 0 Å². The van der Waals surface area contributed by atoms with Gasteiger partial charge in [0.05, 0.1) is 18.1 Å². The Morgan fingerprint density at radius 1 is 1.42 bits per heavy atom. The highest BCUT2D eigenvalue weighted by molar-refractivity contribution is 7.91. The van der Waals surface area contributed by atoms with Crippen LogP contribution in [-0.4, -0.2) is 73.9 Å². The molecule has 2 rings (SSSR count). The summed E-state index contributed by atoms with van der Waals surface area (Å²) in [6.45, 7) is 4.44. The number of carbonyl (C=O) groups excluding carboxylic acids is 1. The zero-order chi connectivity index (χ0) is 14.0. The Labute approximate surface area is 114 Å². The van der Waals surface area contributed by atoms with E-state index in [1.54, 1.807) is 4.90 Å². The zero-order valence-corrected chi connectivity index (χ0v) is 12.2. The molecular formula is C12H23N3O3S. The van der Waals surface area contributed by atoms with Gasteiger partial charge >= 0.3 is 0 Å². The van der Waals surface area contributed by atoms with E-state index in [1.807, 2.05) is 6.92 Å². The first-order valence-corrected chi connectivity index (χ1v) is 8.71. The third-order valence-corrected chi connectivity index (χ3v) is 5.73. The molecule has 0 aliphatic carbocycles. The number of hydrogen-bond acceptors (Lipinski definition) is 5. The molecule has 2 aliphatic rings. The Bertz CT molecular complexity index is 438. The number of rotatable bonds is 4. The first-order valence-electron chi connectivity index (χ1n) is 6.89. The number of amides is 1. The van der Waals surface area contributed by atoms with Crippen LogP contribution in [0.2, 0.25) is 0 Å². The molecule has 0 bridgehead atoms. The predicted molar refractivity (Wildman–Crippen MR) is 73.5 cm³/mol. The average molecular weight is 289 g/mol. The van der Waals surface area contributed by atoms with Crippen molar-refractivity contribution in [2.45, 2.75) is 31.8 Å². The molecule has 1 unspecified atom stereocenters. The minimum atomic E-state index is -2.95. The van der Waals surface area contributed by atoms with Crippen molar-refractivity contribution in [3.8, 4) is 0 Å². The molecule has 0 radical (unpaired) electrons. The Morgan fingerprint density at radius 3 is 2.63 bits per heavy atom. The molecule has 2 heterocycles. The smallest absolute Gasteiger partial charge is 0.237 e. The third kappa shape index (κ3) is 3.67. The lowest BCUT2D eigenvalue weighted by atomic mass is 10.2. The Balaban J connectivity index is 1.92. The molecule has 0 aromatic rings. The van der Waals surface area contributed by atoms with Crippen LogP contribution in [0.4, 0.5) is 0 Å². The molecule has 2 aliphatic heterocycles. The molecule has 110 valence electrons. The number of hydrogen-bond donors (Lipinski definition) is 1. The van der Waals surface area contributed by atoms with Crippen LogP contribution in [0.25, 0.3) is 0 Å². The summed E-state index contributed by atoms with van der Waals surface area (Å²) in [6, 6.07) is 0.0218. The van der Waals surface area contributed by atoms with Gasteiger partial charge in [-0.15, -0.1) is 0 Å². The molecule has 1 amide bonds. The van der Waals surface area contributed by atoms with Crippen LogP contribution in [0.5, 0.6) is 0 Å². The van der Waals surface area contributed by atoms with Gasteiger partial charge in [-0.05, 0) is 19.8 Å². The number of nitrogens with two attached hydrogens (primary N) is 1. The number of nitrogens with zero attached hydrogens (tertiary/aromatic N) is 2. The third-order valence-electron chi connectivity index (χ3n) is 3.98. The second-order valence-corrected chi connectivity index (χ2v) is 7.75. The van der Waals surface area contributed by atoms with Crippen molar-refractivity contribution < 1.29 is 13.2 Å². The zero-order valence-electron chi connectivity index (χ0n) is 11.4. The summed E-state index contributed by atoms with van der Waals surface area (Å²) >= 11 is 0. The van der Waals surface area contributed by atoms with Crippen molar-refractivity contribution in [3.05, 3.63) is 0 Å². The molecule has 0 aromatic heterocycles. The van der Waals surface area contributed by atoms with E-state index < -0.39 is 9.84 Å². The molecular weight excluding hydrogens is 266 g/mol. The quantitative estimate of drug-likeness (QED) is 0.722. The lowest BCUT2D eigenvalue weighted by Gasteiger charge is -2.28. The number of likely N-dealkylation sites (tertiary alicyclic amines) is 1. The second kappa shape index (κ2) is 5.76. The first-order chi connectivity index (χ1) is 8.91. The largest absolute Gasteiger partial charge is 0.338 e. The maximum atomic E-state index is 12.3.